The van der Waals surface area contributed by atoms with Crippen LogP contribution in [0, 0.1) is 0 Å². The fourth-order valence-corrected chi connectivity index (χ4v) is 1.56. The molecule has 0 bridgehead atoms. The molecule has 80 valence electrons. The van der Waals surface area contributed by atoms with E-state index in [1.54, 1.807) is 24.3 Å². The summed E-state index contributed by atoms with van der Waals surface area (Å²) in [5, 5.41) is 20.5. The third-order valence-corrected chi connectivity index (χ3v) is 2.34. The molecule has 0 saturated carbocycles. The second-order valence-electron chi connectivity index (χ2n) is 3.36. The molecule has 0 unspecified atom stereocenters. The first kappa shape index (κ1) is 13.4. The largest absolute Gasteiger partial charge is 1.00 e. The van der Waals surface area contributed by atoms with E-state index in [0.717, 1.165) is 5.56 Å². The quantitative estimate of drug-likeness (QED) is 0.622. The van der Waals surface area contributed by atoms with Crippen molar-refractivity contribution in [3.63, 3.8) is 0 Å². The Morgan fingerprint density at radius 3 is 2.24 bits per heavy atom. The maximum Gasteiger partial charge on any atom is 1.00 e. The molecule has 0 spiro atoms. The molecule has 0 heterocycles. The molecule has 0 amide bonds. The molecule has 2 aromatic rings. The number of para-hydroxylation sites is 1. The fourth-order valence-electron chi connectivity index (χ4n) is 1.56. The number of carbonyl (C=O) groups excluding carboxylic acids is 1. The van der Waals surface area contributed by atoms with Crippen LogP contribution >= 0.6 is 0 Å². The van der Waals surface area contributed by atoms with Gasteiger partial charge < -0.3 is 15.0 Å². The molecule has 0 aromatic heterocycles. The number of carbonyl (C=O) groups is 1. The van der Waals surface area contributed by atoms with E-state index in [2.05, 4.69) is 0 Å². The first-order valence-corrected chi connectivity index (χ1v) is 4.79. The van der Waals surface area contributed by atoms with Gasteiger partial charge in [0.2, 0.25) is 0 Å². The van der Waals surface area contributed by atoms with Crippen LogP contribution in [0.2, 0.25) is 0 Å². The Morgan fingerprint density at radius 1 is 1.00 bits per heavy atom. The number of carboxylic acid groups (broad SMARTS) is 1. The van der Waals surface area contributed by atoms with Gasteiger partial charge in [-0.2, -0.15) is 0 Å². The van der Waals surface area contributed by atoms with Gasteiger partial charge in [0.1, 0.15) is 5.75 Å². The van der Waals surface area contributed by atoms with Crippen molar-refractivity contribution in [2.75, 3.05) is 0 Å². The maximum atomic E-state index is 10.7. The second-order valence-corrected chi connectivity index (χ2v) is 3.36. The molecule has 0 atom stereocenters. The van der Waals surface area contributed by atoms with Gasteiger partial charge in [-0.15, -0.1) is 0 Å². The van der Waals surface area contributed by atoms with Crippen LogP contribution in [0.1, 0.15) is 10.4 Å². The van der Waals surface area contributed by atoms with Crippen molar-refractivity contribution in [1.82, 2.24) is 0 Å². The predicted octanol–water partition coefficient (Wildman–Crippen LogP) is -1.57. The van der Waals surface area contributed by atoms with Gasteiger partial charge in [0.15, 0.2) is 0 Å². The van der Waals surface area contributed by atoms with Gasteiger partial charge in [0.25, 0.3) is 0 Å². The number of rotatable bonds is 2. The van der Waals surface area contributed by atoms with Crippen molar-refractivity contribution in [3.8, 4) is 16.9 Å². The van der Waals surface area contributed by atoms with Crippen LogP contribution < -0.4 is 24.0 Å². The van der Waals surface area contributed by atoms with Crippen molar-refractivity contribution >= 4 is 5.97 Å². The predicted molar refractivity (Wildman–Crippen MR) is 57.9 cm³/mol. The van der Waals surface area contributed by atoms with Crippen molar-refractivity contribution in [3.05, 3.63) is 54.1 Å². The van der Waals surface area contributed by atoms with E-state index in [9.17, 15) is 15.0 Å². The number of aromatic hydroxyl groups is 1. The van der Waals surface area contributed by atoms with Gasteiger partial charge in [0.05, 0.1) is 5.97 Å². The summed E-state index contributed by atoms with van der Waals surface area (Å²) in [5.74, 6) is -1.64. The number of phenols is 1. The van der Waals surface area contributed by atoms with Crippen molar-refractivity contribution < 1.29 is 33.9 Å². The zero-order valence-electron chi connectivity index (χ0n) is 9.38. The minimum absolute atomic E-state index is 0. The summed E-state index contributed by atoms with van der Waals surface area (Å²) in [6.45, 7) is 0. The summed E-state index contributed by atoms with van der Waals surface area (Å²) in [5.41, 5.74) is 1.06. The molecule has 4 heteroatoms. The molecule has 3 nitrogen and oxygen atoms in total. The van der Waals surface area contributed by atoms with Crippen molar-refractivity contribution in [1.29, 1.82) is 0 Å². The van der Waals surface area contributed by atoms with E-state index < -0.39 is 5.97 Å². The molecule has 0 saturated heterocycles. The number of hydrogen-bond donors (Lipinski definition) is 1. The second kappa shape index (κ2) is 5.58. The number of hydrogen-bond acceptors (Lipinski definition) is 3. The summed E-state index contributed by atoms with van der Waals surface area (Å²) in [6.07, 6.45) is 0. The van der Waals surface area contributed by atoms with Gasteiger partial charge >= 0.3 is 18.9 Å². The Bertz CT molecular complexity index is 523. The van der Waals surface area contributed by atoms with E-state index >= 15 is 0 Å². The van der Waals surface area contributed by atoms with Gasteiger partial charge in [-0.05, 0) is 11.6 Å². The van der Waals surface area contributed by atoms with Crippen LogP contribution in [0.3, 0.4) is 0 Å². The summed E-state index contributed by atoms with van der Waals surface area (Å²) >= 11 is 0. The Kier molecular flexibility index (Phi) is 4.39. The maximum absolute atomic E-state index is 10.7. The average molecular weight is 220 g/mol. The Balaban J connectivity index is 0.00000144. The van der Waals surface area contributed by atoms with Gasteiger partial charge in [-0.1, -0.05) is 42.5 Å². The standard InChI is InChI=1S/C13H10O3.Li/c14-12-10(9-5-2-1-3-6-9)7-4-8-11(12)13(15)16;/h1-8,14H,(H,15,16);/q;+1/p-1. The Morgan fingerprint density at radius 2 is 1.65 bits per heavy atom. The monoisotopic (exact) mass is 220 g/mol. The molecule has 2 rings (SSSR count). The molecular formula is C13H9LiO3. The van der Waals surface area contributed by atoms with Crippen LogP contribution in [-0.2, 0) is 0 Å². The first-order chi connectivity index (χ1) is 7.70. The van der Waals surface area contributed by atoms with Gasteiger partial charge in [-0.25, -0.2) is 0 Å². The third kappa shape index (κ3) is 2.70. The van der Waals surface area contributed by atoms with Crippen LogP contribution in [0.25, 0.3) is 11.1 Å². The smallest absolute Gasteiger partial charge is 0.545 e. The zero-order chi connectivity index (χ0) is 11.5. The SMILES string of the molecule is O=C([O-])c1cccc(-c2ccccc2)c1O.[Li+]. The molecule has 0 aliphatic heterocycles. The van der Waals surface area contributed by atoms with Gasteiger partial charge in [-0.3, -0.25) is 0 Å². The summed E-state index contributed by atoms with van der Waals surface area (Å²) in [4.78, 5) is 10.7. The molecule has 0 aliphatic rings. The van der Waals surface area contributed by atoms with Crippen molar-refractivity contribution in [2.45, 2.75) is 0 Å². The zero-order valence-corrected chi connectivity index (χ0v) is 9.38. The minimum Gasteiger partial charge on any atom is -0.545 e. The van der Waals surface area contributed by atoms with Crippen LogP contribution in [-0.4, -0.2) is 11.1 Å². The van der Waals surface area contributed by atoms with E-state index in [-0.39, 0.29) is 30.2 Å². The molecule has 0 aliphatic carbocycles. The molecule has 0 fully saturated rings. The minimum atomic E-state index is -1.38. The molecule has 0 radical (unpaired) electrons. The van der Waals surface area contributed by atoms with E-state index in [1.165, 1.54) is 6.07 Å². The summed E-state index contributed by atoms with van der Waals surface area (Å²) in [7, 11) is 0. The molecule has 17 heavy (non-hydrogen) atoms. The van der Waals surface area contributed by atoms with Crippen LogP contribution in [0.15, 0.2) is 48.5 Å². The van der Waals surface area contributed by atoms with E-state index in [1.807, 2.05) is 18.2 Å². The average Bonchev–Trinajstić information content (AvgIpc) is 2.30. The topological polar surface area (TPSA) is 60.4 Å². The summed E-state index contributed by atoms with van der Waals surface area (Å²) in [6, 6.07) is 13.6. The normalized spacial score (nSPS) is 9.41. The Labute approximate surface area is 111 Å². The van der Waals surface area contributed by atoms with Crippen molar-refractivity contribution in [2.24, 2.45) is 0 Å². The molecule has 1 N–H and O–H groups in total. The third-order valence-electron chi connectivity index (χ3n) is 2.34. The van der Waals surface area contributed by atoms with Gasteiger partial charge in [0, 0.05) is 11.1 Å². The number of carboxylic acids is 1. The summed E-state index contributed by atoms with van der Waals surface area (Å²) < 4.78 is 0. The molecular weight excluding hydrogens is 211 g/mol. The first-order valence-electron chi connectivity index (χ1n) is 4.79. The number of aromatic carboxylic acids is 1. The van der Waals surface area contributed by atoms with Crippen LogP contribution in [0.5, 0.6) is 5.75 Å². The number of benzene rings is 2. The van der Waals surface area contributed by atoms with Crippen LogP contribution in [0.4, 0.5) is 0 Å². The van der Waals surface area contributed by atoms with E-state index in [4.69, 9.17) is 0 Å². The Hall–Kier alpha value is -1.69. The van der Waals surface area contributed by atoms with E-state index in [0.29, 0.717) is 5.56 Å². The molecule has 2 aromatic carbocycles. The fraction of sp³-hybridized carbons (Fsp3) is 0.